The van der Waals surface area contributed by atoms with Crippen LogP contribution in [0.1, 0.15) is 12.0 Å². The molecular formula is C16H20BrN3. The van der Waals surface area contributed by atoms with Crippen molar-refractivity contribution in [2.75, 3.05) is 25.5 Å². The number of hydrogen-bond donors (Lipinski definition) is 1. The first-order valence-corrected chi connectivity index (χ1v) is 7.61. The predicted molar refractivity (Wildman–Crippen MR) is 87.8 cm³/mol. The van der Waals surface area contributed by atoms with E-state index in [4.69, 9.17) is 0 Å². The molecule has 0 atom stereocenters. The summed E-state index contributed by atoms with van der Waals surface area (Å²) in [6.45, 7) is 3.03. The van der Waals surface area contributed by atoms with Crippen LogP contribution in [-0.4, -0.2) is 30.0 Å². The highest BCUT2D eigenvalue weighted by Crippen LogP contribution is 2.19. The summed E-state index contributed by atoms with van der Waals surface area (Å²) in [4.78, 5) is 6.40. The van der Waals surface area contributed by atoms with Gasteiger partial charge >= 0.3 is 0 Å². The van der Waals surface area contributed by atoms with E-state index in [1.54, 1.807) is 6.20 Å². The Labute approximate surface area is 129 Å². The minimum atomic E-state index is 0.960. The molecule has 0 bridgehead atoms. The Bertz CT molecular complexity index is 516. The molecule has 1 aromatic carbocycles. The quantitative estimate of drug-likeness (QED) is 0.781. The second kappa shape index (κ2) is 8.02. The topological polar surface area (TPSA) is 28.2 Å². The molecule has 0 spiro atoms. The lowest BCUT2D eigenvalue weighted by Crippen LogP contribution is -2.21. The Kier molecular flexibility index (Phi) is 6.02. The van der Waals surface area contributed by atoms with E-state index in [9.17, 15) is 0 Å². The first-order valence-electron chi connectivity index (χ1n) is 6.81. The van der Waals surface area contributed by atoms with Gasteiger partial charge in [0.05, 0.1) is 10.2 Å². The fraction of sp³-hybridized carbons (Fsp3) is 0.312. The van der Waals surface area contributed by atoms with Gasteiger partial charge in [0.25, 0.3) is 0 Å². The summed E-state index contributed by atoms with van der Waals surface area (Å²) < 4.78 is 1.01. The van der Waals surface area contributed by atoms with E-state index in [1.807, 2.05) is 12.3 Å². The number of benzene rings is 1. The van der Waals surface area contributed by atoms with Crippen LogP contribution in [0.15, 0.2) is 53.3 Å². The maximum absolute atomic E-state index is 4.05. The first-order chi connectivity index (χ1) is 9.75. The van der Waals surface area contributed by atoms with Crippen molar-refractivity contribution in [3.63, 3.8) is 0 Å². The number of aromatic nitrogens is 1. The van der Waals surface area contributed by atoms with E-state index in [0.29, 0.717) is 0 Å². The lowest BCUT2D eigenvalue weighted by molar-refractivity contribution is 0.325. The van der Waals surface area contributed by atoms with Crippen molar-refractivity contribution in [1.82, 2.24) is 9.88 Å². The fourth-order valence-corrected chi connectivity index (χ4v) is 2.46. The predicted octanol–water partition coefficient (Wildman–Crippen LogP) is 3.78. The normalized spacial score (nSPS) is 10.8. The average Bonchev–Trinajstić information content (AvgIpc) is 2.46. The molecule has 4 heteroatoms. The number of halogens is 1. The summed E-state index contributed by atoms with van der Waals surface area (Å²) in [5.41, 5.74) is 2.46. The van der Waals surface area contributed by atoms with Gasteiger partial charge in [0.15, 0.2) is 0 Å². The molecule has 0 saturated heterocycles. The number of pyridine rings is 1. The zero-order valence-corrected chi connectivity index (χ0v) is 13.3. The Morgan fingerprint density at radius 3 is 2.75 bits per heavy atom. The number of nitrogens with zero attached hydrogens (tertiary/aromatic N) is 2. The summed E-state index contributed by atoms with van der Waals surface area (Å²) >= 11 is 3.49. The van der Waals surface area contributed by atoms with Gasteiger partial charge in [-0.3, -0.25) is 4.98 Å². The first kappa shape index (κ1) is 15.0. The zero-order chi connectivity index (χ0) is 14.2. The third-order valence-corrected chi connectivity index (χ3v) is 3.73. The number of nitrogens with one attached hydrogen (secondary N) is 1. The van der Waals surface area contributed by atoms with Crippen LogP contribution in [0, 0.1) is 0 Å². The number of anilines is 1. The molecule has 0 unspecified atom stereocenters. The Hall–Kier alpha value is -1.39. The summed E-state index contributed by atoms with van der Waals surface area (Å²) in [6, 6.07) is 12.6. The van der Waals surface area contributed by atoms with Gasteiger partial charge in [-0.1, -0.05) is 30.3 Å². The van der Waals surface area contributed by atoms with Crippen molar-refractivity contribution in [2.45, 2.75) is 13.0 Å². The van der Waals surface area contributed by atoms with Crippen LogP contribution in [-0.2, 0) is 6.54 Å². The average molecular weight is 334 g/mol. The van der Waals surface area contributed by atoms with Crippen LogP contribution >= 0.6 is 15.9 Å². The van der Waals surface area contributed by atoms with Crippen molar-refractivity contribution in [3.8, 4) is 0 Å². The van der Waals surface area contributed by atoms with Crippen LogP contribution in [0.25, 0.3) is 0 Å². The highest BCUT2D eigenvalue weighted by Gasteiger charge is 2.01. The van der Waals surface area contributed by atoms with Gasteiger partial charge in [0, 0.05) is 25.5 Å². The Balaban J connectivity index is 1.67. The van der Waals surface area contributed by atoms with Crippen molar-refractivity contribution in [3.05, 3.63) is 58.8 Å². The third kappa shape index (κ3) is 4.94. The molecule has 0 amide bonds. The minimum Gasteiger partial charge on any atom is -0.384 e. The molecule has 0 saturated carbocycles. The molecule has 1 aromatic heterocycles. The van der Waals surface area contributed by atoms with Gasteiger partial charge in [-0.05, 0) is 47.6 Å². The van der Waals surface area contributed by atoms with E-state index in [1.165, 1.54) is 5.56 Å². The molecule has 0 fully saturated rings. The Morgan fingerprint density at radius 2 is 2.00 bits per heavy atom. The lowest BCUT2D eigenvalue weighted by atomic mass is 10.2. The second-order valence-electron chi connectivity index (χ2n) is 4.86. The highest BCUT2D eigenvalue weighted by atomic mass is 79.9. The largest absolute Gasteiger partial charge is 0.384 e. The molecule has 106 valence electrons. The smallest absolute Gasteiger partial charge is 0.0590 e. The molecule has 2 aromatic rings. The van der Waals surface area contributed by atoms with Gasteiger partial charge < -0.3 is 10.2 Å². The van der Waals surface area contributed by atoms with Gasteiger partial charge in [0.2, 0.25) is 0 Å². The van der Waals surface area contributed by atoms with Gasteiger partial charge in [-0.2, -0.15) is 0 Å². The van der Waals surface area contributed by atoms with Crippen molar-refractivity contribution in [1.29, 1.82) is 0 Å². The standard InChI is InChI=1S/C16H20BrN3/c1-20(13-14-6-3-2-4-7-14)11-5-9-19-16-8-10-18-12-15(16)17/h2-4,6-8,10,12H,5,9,11,13H2,1H3,(H,18,19). The summed E-state index contributed by atoms with van der Waals surface area (Å²) in [7, 11) is 2.16. The minimum absolute atomic E-state index is 0.960. The third-order valence-electron chi connectivity index (χ3n) is 3.10. The molecule has 0 aliphatic carbocycles. The monoisotopic (exact) mass is 333 g/mol. The lowest BCUT2D eigenvalue weighted by Gasteiger charge is -2.17. The van der Waals surface area contributed by atoms with Gasteiger partial charge in [-0.15, -0.1) is 0 Å². The number of hydrogen-bond acceptors (Lipinski definition) is 3. The number of rotatable bonds is 7. The molecule has 2 rings (SSSR count). The van der Waals surface area contributed by atoms with Crippen LogP contribution in [0.3, 0.4) is 0 Å². The summed E-state index contributed by atoms with van der Waals surface area (Å²) in [5.74, 6) is 0. The second-order valence-corrected chi connectivity index (χ2v) is 5.71. The van der Waals surface area contributed by atoms with E-state index in [-0.39, 0.29) is 0 Å². The summed E-state index contributed by atoms with van der Waals surface area (Å²) in [5, 5.41) is 3.42. The van der Waals surface area contributed by atoms with Crippen molar-refractivity contribution >= 4 is 21.6 Å². The Morgan fingerprint density at radius 1 is 1.20 bits per heavy atom. The van der Waals surface area contributed by atoms with Crippen molar-refractivity contribution < 1.29 is 0 Å². The van der Waals surface area contributed by atoms with Gasteiger partial charge in [0.1, 0.15) is 0 Å². The van der Waals surface area contributed by atoms with E-state index >= 15 is 0 Å². The zero-order valence-electron chi connectivity index (χ0n) is 11.7. The van der Waals surface area contributed by atoms with Gasteiger partial charge in [-0.25, -0.2) is 0 Å². The van der Waals surface area contributed by atoms with Crippen LogP contribution in [0.5, 0.6) is 0 Å². The van der Waals surface area contributed by atoms with E-state index in [2.05, 4.69) is 68.5 Å². The molecule has 3 nitrogen and oxygen atoms in total. The van der Waals surface area contributed by atoms with Crippen LogP contribution in [0.4, 0.5) is 5.69 Å². The molecular weight excluding hydrogens is 314 g/mol. The highest BCUT2D eigenvalue weighted by molar-refractivity contribution is 9.10. The van der Waals surface area contributed by atoms with E-state index < -0.39 is 0 Å². The molecule has 0 radical (unpaired) electrons. The fourth-order valence-electron chi connectivity index (χ4n) is 2.06. The maximum Gasteiger partial charge on any atom is 0.0590 e. The molecule has 20 heavy (non-hydrogen) atoms. The van der Waals surface area contributed by atoms with Crippen LogP contribution < -0.4 is 5.32 Å². The molecule has 0 aliphatic heterocycles. The van der Waals surface area contributed by atoms with Crippen molar-refractivity contribution in [2.24, 2.45) is 0 Å². The molecule has 1 N–H and O–H groups in total. The molecule has 0 aliphatic rings. The summed E-state index contributed by atoms with van der Waals surface area (Å²) in [6.07, 6.45) is 4.72. The maximum atomic E-state index is 4.05. The molecule has 1 heterocycles. The van der Waals surface area contributed by atoms with E-state index in [0.717, 1.165) is 36.2 Å². The SMILES string of the molecule is CN(CCCNc1ccncc1Br)Cc1ccccc1. The van der Waals surface area contributed by atoms with Crippen LogP contribution in [0.2, 0.25) is 0 Å².